The predicted octanol–water partition coefficient (Wildman–Crippen LogP) is 2.66. The zero-order valence-corrected chi connectivity index (χ0v) is 15.3. The van der Waals surface area contributed by atoms with Gasteiger partial charge in [0.15, 0.2) is 5.96 Å². The van der Waals surface area contributed by atoms with Crippen molar-refractivity contribution >= 4 is 5.96 Å². The number of hydrogen-bond acceptors (Lipinski definition) is 3. The van der Waals surface area contributed by atoms with E-state index < -0.39 is 0 Å². The van der Waals surface area contributed by atoms with E-state index in [-0.39, 0.29) is 5.82 Å². The Kier molecular flexibility index (Phi) is 6.57. The first-order valence-electron chi connectivity index (χ1n) is 9.41. The second-order valence-electron chi connectivity index (χ2n) is 6.60. The molecular weight excluding hydrogens is 331 g/mol. The molecule has 140 valence electrons. The first-order valence-corrected chi connectivity index (χ1v) is 9.41. The van der Waals surface area contributed by atoms with Crippen LogP contribution in [-0.2, 0) is 19.5 Å². The summed E-state index contributed by atoms with van der Waals surface area (Å²) >= 11 is 0. The molecule has 1 aromatic carbocycles. The molecular formula is C19H27FN6. The summed E-state index contributed by atoms with van der Waals surface area (Å²) in [7, 11) is 0. The minimum atomic E-state index is -0.214. The van der Waals surface area contributed by atoms with Crippen molar-refractivity contribution < 1.29 is 4.39 Å². The van der Waals surface area contributed by atoms with Crippen LogP contribution in [0, 0.1) is 5.82 Å². The molecule has 0 spiro atoms. The summed E-state index contributed by atoms with van der Waals surface area (Å²) in [5.74, 6) is 1.50. The van der Waals surface area contributed by atoms with Crippen LogP contribution in [0.15, 0.2) is 35.6 Å². The van der Waals surface area contributed by atoms with Gasteiger partial charge >= 0.3 is 0 Å². The molecule has 2 aromatic rings. The third-order valence-corrected chi connectivity index (χ3v) is 4.72. The number of aromatic nitrogens is 3. The summed E-state index contributed by atoms with van der Waals surface area (Å²) in [4.78, 5) is 4.59. The molecule has 0 bridgehead atoms. The molecule has 1 saturated carbocycles. The molecule has 1 fully saturated rings. The molecule has 1 aliphatic carbocycles. The lowest BCUT2D eigenvalue weighted by atomic mass is 10.2. The second-order valence-corrected chi connectivity index (χ2v) is 6.60. The fourth-order valence-electron chi connectivity index (χ4n) is 3.24. The maximum absolute atomic E-state index is 13.8. The molecule has 0 unspecified atom stereocenters. The average molecular weight is 358 g/mol. The molecule has 0 amide bonds. The van der Waals surface area contributed by atoms with Gasteiger partial charge in [-0.05, 0) is 18.9 Å². The normalized spacial score (nSPS) is 15.4. The molecule has 0 aliphatic heterocycles. The average Bonchev–Trinajstić information content (AvgIpc) is 3.32. The van der Waals surface area contributed by atoms with Gasteiger partial charge in [-0.15, -0.1) is 10.2 Å². The van der Waals surface area contributed by atoms with Crippen LogP contribution in [0.4, 0.5) is 4.39 Å². The Morgan fingerprint density at radius 3 is 2.88 bits per heavy atom. The standard InChI is InChI=1S/C19H27FN6/c1-2-18-25-23-14-26(18)12-11-21-19(24-16-8-4-5-9-16)22-13-15-7-3-6-10-17(15)20/h3,6-7,10,14,16H,2,4-5,8-9,11-13H2,1H3,(H2,21,22,24). The number of guanidine groups is 1. The summed E-state index contributed by atoms with van der Waals surface area (Å²) < 4.78 is 15.9. The van der Waals surface area contributed by atoms with Crippen LogP contribution in [0.1, 0.15) is 44.0 Å². The van der Waals surface area contributed by atoms with Crippen molar-refractivity contribution in [1.82, 2.24) is 25.4 Å². The van der Waals surface area contributed by atoms with E-state index in [0.29, 0.717) is 24.7 Å². The van der Waals surface area contributed by atoms with Gasteiger partial charge in [0.1, 0.15) is 18.0 Å². The van der Waals surface area contributed by atoms with E-state index in [4.69, 9.17) is 0 Å². The monoisotopic (exact) mass is 358 g/mol. The van der Waals surface area contributed by atoms with Crippen LogP contribution >= 0.6 is 0 Å². The van der Waals surface area contributed by atoms with E-state index >= 15 is 0 Å². The summed E-state index contributed by atoms with van der Waals surface area (Å²) in [6.07, 6.45) is 7.42. The molecule has 26 heavy (non-hydrogen) atoms. The quantitative estimate of drug-likeness (QED) is 0.590. The SMILES string of the molecule is CCc1nncn1CCNC(=NCc1ccccc1F)NC1CCCC1. The number of aryl methyl sites for hydroxylation is 1. The number of nitrogens with zero attached hydrogens (tertiary/aromatic N) is 4. The van der Waals surface area contributed by atoms with Gasteiger partial charge in [0.2, 0.25) is 0 Å². The van der Waals surface area contributed by atoms with E-state index in [0.717, 1.165) is 37.6 Å². The Morgan fingerprint density at radius 1 is 1.31 bits per heavy atom. The Bertz CT molecular complexity index is 720. The third-order valence-electron chi connectivity index (χ3n) is 4.72. The highest BCUT2D eigenvalue weighted by Crippen LogP contribution is 2.17. The second kappa shape index (κ2) is 9.31. The molecule has 7 heteroatoms. The van der Waals surface area contributed by atoms with Gasteiger partial charge in [-0.3, -0.25) is 0 Å². The Hall–Kier alpha value is -2.44. The molecule has 0 radical (unpaired) electrons. The number of halogens is 1. The maximum atomic E-state index is 13.8. The van der Waals surface area contributed by atoms with Crippen LogP contribution in [-0.4, -0.2) is 33.3 Å². The van der Waals surface area contributed by atoms with Crippen molar-refractivity contribution in [2.75, 3.05) is 6.54 Å². The fraction of sp³-hybridized carbons (Fsp3) is 0.526. The molecule has 1 aliphatic rings. The molecule has 1 heterocycles. The largest absolute Gasteiger partial charge is 0.355 e. The smallest absolute Gasteiger partial charge is 0.191 e. The van der Waals surface area contributed by atoms with Gasteiger partial charge in [-0.25, -0.2) is 9.38 Å². The minimum absolute atomic E-state index is 0.214. The molecule has 6 nitrogen and oxygen atoms in total. The molecule has 2 N–H and O–H groups in total. The topological polar surface area (TPSA) is 67.1 Å². The lowest BCUT2D eigenvalue weighted by molar-refractivity contribution is 0.589. The van der Waals surface area contributed by atoms with Gasteiger partial charge in [-0.2, -0.15) is 0 Å². The Morgan fingerprint density at radius 2 is 2.12 bits per heavy atom. The Labute approximate surface area is 153 Å². The van der Waals surface area contributed by atoms with Gasteiger partial charge < -0.3 is 15.2 Å². The number of hydrogen-bond donors (Lipinski definition) is 2. The third kappa shape index (κ3) is 5.03. The van der Waals surface area contributed by atoms with Crippen LogP contribution < -0.4 is 10.6 Å². The molecule has 3 rings (SSSR count). The van der Waals surface area contributed by atoms with Gasteiger partial charge in [0.25, 0.3) is 0 Å². The molecule has 1 aromatic heterocycles. The van der Waals surface area contributed by atoms with Crippen molar-refractivity contribution in [3.05, 3.63) is 47.8 Å². The predicted molar refractivity (Wildman–Crippen MR) is 100 cm³/mol. The number of benzene rings is 1. The highest BCUT2D eigenvalue weighted by Gasteiger charge is 2.16. The lowest BCUT2D eigenvalue weighted by Crippen LogP contribution is -2.43. The maximum Gasteiger partial charge on any atom is 0.191 e. The molecule has 0 atom stereocenters. The first-order chi connectivity index (χ1) is 12.8. The van der Waals surface area contributed by atoms with E-state index in [2.05, 4.69) is 32.7 Å². The van der Waals surface area contributed by atoms with Crippen molar-refractivity contribution in [2.45, 2.75) is 58.2 Å². The van der Waals surface area contributed by atoms with Gasteiger partial charge in [0, 0.05) is 31.1 Å². The van der Waals surface area contributed by atoms with Crippen molar-refractivity contribution in [3.8, 4) is 0 Å². The first kappa shape index (κ1) is 18.4. The highest BCUT2D eigenvalue weighted by atomic mass is 19.1. The van der Waals surface area contributed by atoms with Crippen LogP contribution in [0.2, 0.25) is 0 Å². The summed E-state index contributed by atoms with van der Waals surface area (Å²) in [6, 6.07) is 7.23. The van der Waals surface area contributed by atoms with Crippen molar-refractivity contribution in [1.29, 1.82) is 0 Å². The minimum Gasteiger partial charge on any atom is -0.355 e. The van der Waals surface area contributed by atoms with E-state index in [1.165, 1.54) is 18.9 Å². The highest BCUT2D eigenvalue weighted by molar-refractivity contribution is 5.80. The van der Waals surface area contributed by atoms with Crippen LogP contribution in [0.5, 0.6) is 0 Å². The van der Waals surface area contributed by atoms with E-state index in [1.54, 1.807) is 18.5 Å². The van der Waals surface area contributed by atoms with Crippen molar-refractivity contribution in [3.63, 3.8) is 0 Å². The Balaban J connectivity index is 1.60. The summed E-state index contributed by atoms with van der Waals surface area (Å²) in [5, 5.41) is 14.9. The number of aliphatic imine (C=N–C) groups is 1. The fourth-order valence-corrected chi connectivity index (χ4v) is 3.24. The number of nitrogens with one attached hydrogen (secondary N) is 2. The summed E-state index contributed by atoms with van der Waals surface area (Å²) in [6.45, 7) is 3.86. The van der Waals surface area contributed by atoms with E-state index in [1.807, 2.05) is 10.6 Å². The van der Waals surface area contributed by atoms with Crippen LogP contribution in [0.25, 0.3) is 0 Å². The number of rotatable bonds is 7. The summed E-state index contributed by atoms with van der Waals surface area (Å²) in [5.41, 5.74) is 0.604. The molecule has 0 saturated heterocycles. The van der Waals surface area contributed by atoms with Crippen LogP contribution in [0.3, 0.4) is 0 Å². The lowest BCUT2D eigenvalue weighted by Gasteiger charge is -2.18. The van der Waals surface area contributed by atoms with Crippen molar-refractivity contribution in [2.24, 2.45) is 4.99 Å². The van der Waals surface area contributed by atoms with Gasteiger partial charge in [-0.1, -0.05) is 38.0 Å². The zero-order valence-electron chi connectivity index (χ0n) is 15.3. The zero-order chi connectivity index (χ0) is 18.2. The van der Waals surface area contributed by atoms with Gasteiger partial charge in [0.05, 0.1) is 6.54 Å². The van der Waals surface area contributed by atoms with E-state index in [9.17, 15) is 4.39 Å².